The number of hydrogen-bond acceptors (Lipinski definition) is 12. The number of carbonyl (C=O) groups is 2. The fourth-order valence-electron chi connectivity index (χ4n) is 4.77. The second-order valence-corrected chi connectivity index (χ2v) is 16.8. The Bertz CT molecular complexity index is 1770. The van der Waals surface area contributed by atoms with Gasteiger partial charge in [0.1, 0.15) is 39.7 Å². The van der Waals surface area contributed by atoms with Crippen LogP contribution < -0.4 is 24.4 Å². The average molecular weight is 787 g/mol. The van der Waals surface area contributed by atoms with Gasteiger partial charge >= 0.3 is 12.2 Å². The highest BCUT2D eigenvalue weighted by atomic mass is 35.5. The van der Waals surface area contributed by atoms with Crippen molar-refractivity contribution in [2.45, 2.75) is 90.0 Å². The van der Waals surface area contributed by atoms with Crippen LogP contribution in [0.1, 0.15) is 66.9 Å². The number of amides is 2. The van der Waals surface area contributed by atoms with Crippen molar-refractivity contribution in [3.8, 4) is 11.5 Å². The van der Waals surface area contributed by atoms with Gasteiger partial charge in [-0.05, 0) is 85.6 Å². The van der Waals surface area contributed by atoms with Crippen molar-refractivity contribution in [1.82, 2.24) is 19.6 Å². The standard InChI is InChI=1S/C34H48ClFN6O8S2/c1-22(40-31(43)49-33(2,3)4)19-41(32(44)50-34(5,6)7)15-11-10-14-37-27-18-26(36)29(17-25(27)35)52(45,46)42(30-38-21-39-51-30)20-23-12-13-24(47-8)16-28(23)48-9/h12-13,16-18,21-22,37H,10-11,14-15,19-20H2,1-9H3,(H,40,43)/t22-/m0/s1. The summed E-state index contributed by atoms with van der Waals surface area (Å²) in [5.41, 5.74) is -0.730. The molecule has 288 valence electrons. The minimum atomic E-state index is -4.54. The fourth-order valence-corrected chi connectivity index (χ4v) is 7.27. The summed E-state index contributed by atoms with van der Waals surface area (Å²) in [5, 5.41) is 5.79. The Morgan fingerprint density at radius 1 is 1.02 bits per heavy atom. The number of benzene rings is 2. The molecule has 14 nitrogen and oxygen atoms in total. The molecule has 52 heavy (non-hydrogen) atoms. The third kappa shape index (κ3) is 12.5. The van der Waals surface area contributed by atoms with Crippen molar-refractivity contribution < 1.29 is 41.3 Å². The lowest BCUT2D eigenvalue weighted by molar-refractivity contribution is 0.0214. The van der Waals surface area contributed by atoms with Crippen molar-refractivity contribution in [2.75, 3.05) is 43.5 Å². The number of nitrogens with zero attached hydrogens (tertiary/aromatic N) is 4. The van der Waals surface area contributed by atoms with E-state index in [9.17, 15) is 18.0 Å². The smallest absolute Gasteiger partial charge is 0.410 e. The number of nitrogens with one attached hydrogen (secondary N) is 2. The van der Waals surface area contributed by atoms with E-state index in [0.717, 1.165) is 28.0 Å². The first-order valence-electron chi connectivity index (χ1n) is 16.4. The van der Waals surface area contributed by atoms with Gasteiger partial charge in [0.2, 0.25) is 5.13 Å². The van der Waals surface area contributed by atoms with E-state index < -0.39 is 50.2 Å². The van der Waals surface area contributed by atoms with Crippen molar-refractivity contribution >= 4 is 56.2 Å². The van der Waals surface area contributed by atoms with Gasteiger partial charge in [0.05, 0.1) is 31.5 Å². The number of methoxy groups -OCH3 is 2. The van der Waals surface area contributed by atoms with Gasteiger partial charge in [0.25, 0.3) is 10.0 Å². The normalized spacial score (nSPS) is 12.4. The lowest BCUT2D eigenvalue weighted by atomic mass is 10.2. The van der Waals surface area contributed by atoms with Crippen LogP contribution >= 0.6 is 23.1 Å². The second-order valence-electron chi connectivity index (χ2n) is 13.8. The second kappa shape index (κ2) is 18.1. The zero-order chi connectivity index (χ0) is 38.9. The maximum Gasteiger partial charge on any atom is 0.410 e. The van der Waals surface area contributed by atoms with Crippen LogP contribution in [0.15, 0.2) is 41.6 Å². The molecule has 1 heterocycles. The van der Waals surface area contributed by atoms with E-state index in [0.29, 0.717) is 43.0 Å². The van der Waals surface area contributed by atoms with Crippen molar-refractivity contribution in [2.24, 2.45) is 0 Å². The molecule has 0 aliphatic carbocycles. The molecule has 0 aliphatic rings. The third-order valence-corrected chi connectivity index (χ3v) is 9.91. The Morgan fingerprint density at radius 3 is 2.31 bits per heavy atom. The first-order valence-corrected chi connectivity index (χ1v) is 19.0. The highest BCUT2D eigenvalue weighted by Crippen LogP contribution is 2.35. The Labute approximate surface area is 314 Å². The molecule has 0 fully saturated rings. The van der Waals surface area contributed by atoms with Gasteiger partial charge < -0.3 is 34.5 Å². The zero-order valence-corrected chi connectivity index (χ0v) is 33.3. The number of anilines is 2. The van der Waals surface area contributed by atoms with Crippen LogP contribution in [0.5, 0.6) is 11.5 Å². The number of aromatic nitrogens is 2. The molecule has 0 saturated carbocycles. The molecule has 3 aromatic rings. The van der Waals surface area contributed by atoms with Gasteiger partial charge in [-0.15, -0.1) is 0 Å². The average Bonchev–Trinajstić information content (AvgIpc) is 3.56. The summed E-state index contributed by atoms with van der Waals surface area (Å²) >= 11 is 7.33. The maximum atomic E-state index is 15.6. The molecule has 2 N–H and O–H groups in total. The number of unbranched alkanes of at least 4 members (excludes halogenated alkanes) is 1. The fraction of sp³-hybridized carbons (Fsp3) is 0.529. The summed E-state index contributed by atoms with van der Waals surface area (Å²) < 4.78 is 70.0. The molecular formula is C34H48ClFN6O8S2. The summed E-state index contributed by atoms with van der Waals surface area (Å²) in [6, 6.07) is 6.55. The Hall–Kier alpha value is -4.09. The lowest BCUT2D eigenvalue weighted by Crippen LogP contribution is -2.47. The predicted molar refractivity (Wildman–Crippen MR) is 199 cm³/mol. The number of hydrogen-bond donors (Lipinski definition) is 2. The highest BCUT2D eigenvalue weighted by molar-refractivity contribution is 7.93. The number of ether oxygens (including phenoxy) is 4. The SMILES string of the molecule is COc1ccc(CN(c2ncns2)S(=O)(=O)c2cc(Cl)c(NCCCCN(C[C@H](C)NC(=O)OC(C)(C)C)C(=O)OC(C)(C)C)cc2F)c(OC)c1. The van der Waals surface area contributed by atoms with E-state index >= 15 is 4.39 Å². The molecule has 2 aromatic carbocycles. The zero-order valence-electron chi connectivity index (χ0n) is 30.9. The van der Waals surface area contributed by atoms with Crippen LogP contribution in [0, 0.1) is 5.82 Å². The number of alkyl carbamates (subject to hydrolysis) is 1. The molecule has 0 radical (unpaired) electrons. The van der Waals surface area contributed by atoms with E-state index in [1.54, 1.807) is 66.7 Å². The molecule has 18 heteroatoms. The van der Waals surface area contributed by atoms with E-state index in [4.69, 9.17) is 30.5 Å². The van der Waals surface area contributed by atoms with Crippen molar-refractivity contribution in [3.05, 3.63) is 53.1 Å². The van der Waals surface area contributed by atoms with E-state index in [2.05, 4.69) is 20.0 Å². The van der Waals surface area contributed by atoms with Gasteiger partial charge in [-0.1, -0.05) is 11.6 Å². The summed E-state index contributed by atoms with van der Waals surface area (Å²) in [6.45, 7) is 12.9. The molecule has 0 unspecified atom stereocenters. The summed E-state index contributed by atoms with van der Waals surface area (Å²) in [7, 11) is -1.60. The summed E-state index contributed by atoms with van der Waals surface area (Å²) in [4.78, 5) is 30.2. The van der Waals surface area contributed by atoms with Crippen LogP contribution in [0.25, 0.3) is 0 Å². The van der Waals surface area contributed by atoms with Crippen LogP contribution in [0.3, 0.4) is 0 Å². The molecule has 0 saturated heterocycles. The minimum Gasteiger partial charge on any atom is -0.497 e. The molecular weight excluding hydrogens is 739 g/mol. The van der Waals surface area contributed by atoms with Gasteiger partial charge in [-0.25, -0.2) is 31.7 Å². The molecule has 0 spiro atoms. The maximum absolute atomic E-state index is 15.6. The molecule has 2 amide bonds. The number of rotatable bonds is 16. The topological polar surface area (TPSA) is 162 Å². The van der Waals surface area contributed by atoms with Crippen LogP contribution in [-0.4, -0.2) is 86.0 Å². The summed E-state index contributed by atoms with van der Waals surface area (Å²) in [6.07, 6.45) is 1.12. The molecule has 1 atom stereocenters. The van der Waals surface area contributed by atoms with Crippen LogP contribution in [0.4, 0.5) is 24.8 Å². The Balaban J connectivity index is 1.70. The van der Waals surface area contributed by atoms with Crippen molar-refractivity contribution in [3.63, 3.8) is 0 Å². The van der Waals surface area contributed by atoms with Crippen LogP contribution in [-0.2, 0) is 26.0 Å². The van der Waals surface area contributed by atoms with E-state index in [-0.39, 0.29) is 28.9 Å². The quantitative estimate of drug-likeness (QED) is 0.143. The van der Waals surface area contributed by atoms with E-state index in [1.165, 1.54) is 25.4 Å². The monoisotopic (exact) mass is 786 g/mol. The number of carbonyl (C=O) groups excluding carboxylic acids is 2. The van der Waals surface area contributed by atoms with Crippen molar-refractivity contribution in [1.29, 1.82) is 0 Å². The Morgan fingerprint density at radius 2 is 1.71 bits per heavy atom. The molecule has 1 aromatic heterocycles. The van der Waals surface area contributed by atoms with Gasteiger partial charge in [0, 0.05) is 48.8 Å². The number of sulfonamides is 1. The van der Waals surface area contributed by atoms with Gasteiger partial charge in [0.15, 0.2) is 0 Å². The predicted octanol–water partition coefficient (Wildman–Crippen LogP) is 7.09. The molecule has 3 rings (SSSR count). The molecule has 0 bridgehead atoms. The first kappa shape index (κ1) is 42.3. The summed E-state index contributed by atoms with van der Waals surface area (Å²) in [5.74, 6) is -0.150. The number of halogens is 2. The van der Waals surface area contributed by atoms with Gasteiger partial charge in [-0.2, -0.15) is 4.37 Å². The van der Waals surface area contributed by atoms with E-state index in [1.807, 2.05) is 0 Å². The van der Waals surface area contributed by atoms with Gasteiger partial charge in [-0.3, -0.25) is 0 Å². The first-order chi connectivity index (χ1) is 24.2. The largest absolute Gasteiger partial charge is 0.497 e. The highest BCUT2D eigenvalue weighted by Gasteiger charge is 2.32. The van der Waals surface area contributed by atoms with Crippen LogP contribution in [0.2, 0.25) is 5.02 Å². The third-order valence-electron chi connectivity index (χ3n) is 7.04. The minimum absolute atomic E-state index is 0.0170. The Kier molecular flexibility index (Phi) is 14.7. The molecule has 0 aliphatic heterocycles. The lowest BCUT2D eigenvalue weighted by Gasteiger charge is -2.30.